The second-order valence-electron chi connectivity index (χ2n) is 3.91. The topological polar surface area (TPSA) is 32.7 Å². The predicted octanol–water partition coefficient (Wildman–Crippen LogP) is 0.868. The number of aliphatic hydroxyl groups is 1. The first-order valence-electron chi connectivity index (χ1n) is 5.15. The fourth-order valence-corrected chi connectivity index (χ4v) is 1.74. The Kier molecular flexibility index (Phi) is 4.70. The number of ether oxygens (including phenoxy) is 1. The molecule has 1 unspecified atom stereocenters. The van der Waals surface area contributed by atoms with Crippen LogP contribution in [0.1, 0.15) is 26.2 Å². The van der Waals surface area contributed by atoms with E-state index in [-0.39, 0.29) is 6.10 Å². The zero-order valence-corrected chi connectivity index (χ0v) is 8.70. The van der Waals surface area contributed by atoms with Gasteiger partial charge in [0.05, 0.1) is 12.2 Å². The Balaban J connectivity index is 2.10. The SMILES string of the molecule is COC1CCN(CCC(C)O)CC1. The van der Waals surface area contributed by atoms with Gasteiger partial charge in [0, 0.05) is 26.7 Å². The van der Waals surface area contributed by atoms with Crippen LogP contribution in [0.4, 0.5) is 0 Å². The van der Waals surface area contributed by atoms with E-state index in [1.165, 1.54) is 0 Å². The van der Waals surface area contributed by atoms with Crippen LogP contribution in [0, 0.1) is 0 Å². The van der Waals surface area contributed by atoms with Crippen molar-refractivity contribution < 1.29 is 9.84 Å². The molecule has 13 heavy (non-hydrogen) atoms. The maximum atomic E-state index is 9.13. The Morgan fingerprint density at radius 1 is 1.46 bits per heavy atom. The maximum Gasteiger partial charge on any atom is 0.0595 e. The fourth-order valence-electron chi connectivity index (χ4n) is 1.74. The minimum Gasteiger partial charge on any atom is -0.393 e. The van der Waals surface area contributed by atoms with Gasteiger partial charge in [-0.25, -0.2) is 0 Å². The average molecular weight is 187 g/mol. The second-order valence-corrected chi connectivity index (χ2v) is 3.91. The molecular formula is C10H21NO2. The summed E-state index contributed by atoms with van der Waals surface area (Å²) in [7, 11) is 1.79. The summed E-state index contributed by atoms with van der Waals surface area (Å²) in [6.45, 7) is 5.10. The van der Waals surface area contributed by atoms with Crippen molar-refractivity contribution in [1.82, 2.24) is 4.90 Å². The van der Waals surface area contributed by atoms with Crippen molar-refractivity contribution in [3.8, 4) is 0 Å². The molecule has 0 aromatic heterocycles. The zero-order valence-electron chi connectivity index (χ0n) is 8.70. The number of rotatable bonds is 4. The maximum absolute atomic E-state index is 9.13. The van der Waals surface area contributed by atoms with Crippen LogP contribution in [0.15, 0.2) is 0 Å². The Morgan fingerprint density at radius 2 is 2.08 bits per heavy atom. The molecule has 3 nitrogen and oxygen atoms in total. The van der Waals surface area contributed by atoms with Crippen molar-refractivity contribution in [3.63, 3.8) is 0 Å². The van der Waals surface area contributed by atoms with E-state index >= 15 is 0 Å². The molecule has 0 aromatic rings. The van der Waals surface area contributed by atoms with Gasteiger partial charge in [-0.05, 0) is 26.2 Å². The molecule has 1 rings (SSSR count). The molecule has 0 aliphatic carbocycles. The molecule has 1 N–H and O–H groups in total. The lowest BCUT2D eigenvalue weighted by Gasteiger charge is -2.31. The van der Waals surface area contributed by atoms with Gasteiger partial charge in [0.25, 0.3) is 0 Å². The normalized spacial score (nSPS) is 23.3. The lowest BCUT2D eigenvalue weighted by Crippen LogP contribution is -2.37. The van der Waals surface area contributed by atoms with Crippen LogP contribution in [0.2, 0.25) is 0 Å². The minimum atomic E-state index is -0.167. The third kappa shape index (κ3) is 4.07. The number of hydrogen-bond acceptors (Lipinski definition) is 3. The van der Waals surface area contributed by atoms with Crippen LogP contribution in [0.5, 0.6) is 0 Å². The molecule has 3 heteroatoms. The van der Waals surface area contributed by atoms with E-state index in [1.807, 2.05) is 6.92 Å². The number of likely N-dealkylation sites (tertiary alicyclic amines) is 1. The molecule has 0 spiro atoms. The summed E-state index contributed by atoms with van der Waals surface area (Å²) in [5.74, 6) is 0. The summed E-state index contributed by atoms with van der Waals surface area (Å²) in [5, 5.41) is 9.13. The number of nitrogens with zero attached hydrogens (tertiary/aromatic N) is 1. The van der Waals surface area contributed by atoms with E-state index in [4.69, 9.17) is 9.84 Å². The summed E-state index contributed by atoms with van der Waals surface area (Å²) in [6.07, 6.45) is 3.45. The fraction of sp³-hybridized carbons (Fsp3) is 1.00. The molecule has 1 aliphatic heterocycles. The van der Waals surface area contributed by atoms with Crippen LogP contribution >= 0.6 is 0 Å². The molecule has 1 heterocycles. The summed E-state index contributed by atoms with van der Waals surface area (Å²) >= 11 is 0. The Morgan fingerprint density at radius 3 is 2.54 bits per heavy atom. The quantitative estimate of drug-likeness (QED) is 0.709. The summed E-state index contributed by atoms with van der Waals surface area (Å²) in [4.78, 5) is 2.41. The third-order valence-corrected chi connectivity index (χ3v) is 2.73. The number of hydrogen-bond donors (Lipinski definition) is 1. The van der Waals surface area contributed by atoms with Crippen LogP contribution in [-0.4, -0.2) is 49.0 Å². The molecule has 0 aromatic carbocycles. The van der Waals surface area contributed by atoms with E-state index in [0.29, 0.717) is 6.10 Å². The Hall–Kier alpha value is -0.120. The smallest absolute Gasteiger partial charge is 0.0595 e. The summed E-state index contributed by atoms with van der Waals surface area (Å²) in [5.41, 5.74) is 0. The molecular weight excluding hydrogens is 166 g/mol. The lowest BCUT2D eigenvalue weighted by molar-refractivity contribution is 0.0370. The van der Waals surface area contributed by atoms with E-state index in [1.54, 1.807) is 7.11 Å². The molecule has 1 aliphatic rings. The van der Waals surface area contributed by atoms with Gasteiger partial charge in [0.15, 0.2) is 0 Å². The first kappa shape index (κ1) is 11.0. The van der Waals surface area contributed by atoms with Gasteiger partial charge >= 0.3 is 0 Å². The zero-order chi connectivity index (χ0) is 9.68. The highest BCUT2D eigenvalue weighted by molar-refractivity contribution is 4.72. The molecule has 0 radical (unpaired) electrons. The molecule has 1 saturated heterocycles. The van der Waals surface area contributed by atoms with Gasteiger partial charge in [-0.3, -0.25) is 0 Å². The third-order valence-electron chi connectivity index (χ3n) is 2.73. The highest BCUT2D eigenvalue weighted by Crippen LogP contribution is 2.13. The van der Waals surface area contributed by atoms with Crippen LogP contribution < -0.4 is 0 Å². The van der Waals surface area contributed by atoms with E-state index in [2.05, 4.69) is 4.90 Å². The summed E-state index contributed by atoms with van der Waals surface area (Å²) in [6, 6.07) is 0. The van der Waals surface area contributed by atoms with E-state index in [0.717, 1.165) is 38.9 Å². The van der Waals surface area contributed by atoms with Crippen molar-refractivity contribution in [2.45, 2.75) is 38.4 Å². The average Bonchev–Trinajstić information content (AvgIpc) is 2.15. The van der Waals surface area contributed by atoms with Gasteiger partial charge in [0.2, 0.25) is 0 Å². The van der Waals surface area contributed by atoms with Gasteiger partial charge in [0.1, 0.15) is 0 Å². The molecule has 0 saturated carbocycles. The van der Waals surface area contributed by atoms with Gasteiger partial charge in [-0.15, -0.1) is 0 Å². The van der Waals surface area contributed by atoms with Gasteiger partial charge in [-0.2, -0.15) is 0 Å². The first-order valence-corrected chi connectivity index (χ1v) is 5.15. The van der Waals surface area contributed by atoms with Gasteiger partial charge in [-0.1, -0.05) is 0 Å². The molecule has 0 bridgehead atoms. The Bertz CT molecular complexity index is 131. The van der Waals surface area contributed by atoms with E-state index in [9.17, 15) is 0 Å². The van der Waals surface area contributed by atoms with Crippen molar-refractivity contribution in [2.24, 2.45) is 0 Å². The predicted molar refractivity (Wildman–Crippen MR) is 52.8 cm³/mol. The highest BCUT2D eigenvalue weighted by Gasteiger charge is 2.18. The molecule has 1 fully saturated rings. The van der Waals surface area contributed by atoms with Crippen molar-refractivity contribution in [3.05, 3.63) is 0 Å². The van der Waals surface area contributed by atoms with Gasteiger partial charge < -0.3 is 14.7 Å². The standard InChI is InChI=1S/C10H21NO2/c1-9(12)3-6-11-7-4-10(13-2)5-8-11/h9-10,12H,3-8H2,1-2H3. The van der Waals surface area contributed by atoms with Crippen molar-refractivity contribution in [2.75, 3.05) is 26.7 Å². The largest absolute Gasteiger partial charge is 0.393 e. The van der Waals surface area contributed by atoms with E-state index < -0.39 is 0 Å². The minimum absolute atomic E-state index is 0.167. The van der Waals surface area contributed by atoms with Crippen molar-refractivity contribution in [1.29, 1.82) is 0 Å². The lowest BCUT2D eigenvalue weighted by atomic mass is 10.1. The number of piperidine rings is 1. The molecule has 78 valence electrons. The number of aliphatic hydroxyl groups excluding tert-OH is 1. The highest BCUT2D eigenvalue weighted by atomic mass is 16.5. The summed E-state index contributed by atoms with van der Waals surface area (Å²) < 4.78 is 5.29. The second kappa shape index (κ2) is 5.58. The Labute approximate surface area is 80.7 Å². The van der Waals surface area contributed by atoms with Crippen molar-refractivity contribution >= 4 is 0 Å². The monoisotopic (exact) mass is 187 g/mol. The number of methoxy groups -OCH3 is 1. The first-order chi connectivity index (χ1) is 6.22. The molecule has 0 amide bonds. The molecule has 1 atom stereocenters. The van der Waals surface area contributed by atoms with Crippen LogP contribution in [0.25, 0.3) is 0 Å². The van der Waals surface area contributed by atoms with Crippen LogP contribution in [0.3, 0.4) is 0 Å². The van der Waals surface area contributed by atoms with Crippen LogP contribution in [-0.2, 0) is 4.74 Å².